The molecule has 2 aromatic rings. The largest absolute Gasteiger partial charge is 0.496 e. The molecule has 4 rings (SSSR count). The number of fused-ring (bicyclic) bond motifs is 1. The highest BCUT2D eigenvalue weighted by atomic mass is 19.1. The number of amidine groups is 1. The minimum atomic E-state index is -0.539. The van der Waals surface area contributed by atoms with Crippen LogP contribution < -0.4 is 9.47 Å². The third-order valence-electron chi connectivity index (χ3n) is 4.67. The SMILES string of the molecule is CCN1N=CC2=NC(c3ccc(OC)c(COc4ccc(F)cc4)c3)=NC(=O)C21. The second kappa shape index (κ2) is 7.83. The Balaban J connectivity index is 1.59. The molecule has 0 bridgehead atoms. The van der Waals surface area contributed by atoms with E-state index in [0.717, 1.165) is 5.56 Å². The van der Waals surface area contributed by atoms with Crippen molar-refractivity contribution < 1.29 is 18.7 Å². The molecule has 148 valence electrons. The third kappa shape index (κ3) is 3.73. The van der Waals surface area contributed by atoms with Gasteiger partial charge in [0.05, 0.1) is 19.0 Å². The van der Waals surface area contributed by atoms with Crippen molar-refractivity contribution >= 4 is 23.7 Å². The molecule has 29 heavy (non-hydrogen) atoms. The molecule has 0 N–H and O–H groups in total. The highest BCUT2D eigenvalue weighted by molar-refractivity contribution is 6.43. The van der Waals surface area contributed by atoms with Gasteiger partial charge in [-0.3, -0.25) is 9.80 Å². The van der Waals surface area contributed by atoms with Crippen molar-refractivity contribution in [3.8, 4) is 11.5 Å². The first-order valence-electron chi connectivity index (χ1n) is 9.16. The molecule has 2 heterocycles. The molecule has 0 saturated carbocycles. The molecule has 0 spiro atoms. The minimum absolute atomic E-state index is 0.203. The number of halogens is 1. The van der Waals surface area contributed by atoms with E-state index in [2.05, 4.69) is 15.1 Å². The summed E-state index contributed by atoms with van der Waals surface area (Å²) < 4.78 is 24.2. The third-order valence-corrected chi connectivity index (χ3v) is 4.67. The molecule has 2 aliphatic rings. The Morgan fingerprint density at radius 2 is 1.93 bits per heavy atom. The van der Waals surface area contributed by atoms with Crippen molar-refractivity contribution in [2.45, 2.75) is 19.6 Å². The number of carbonyl (C=O) groups excluding carboxylic acids is 1. The minimum Gasteiger partial charge on any atom is -0.496 e. The molecule has 0 saturated heterocycles. The first-order valence-corrected chi connectivity index (χ1v) is 9.16. The van der Waals surface area contributed by atoms with Gasteiger partial charge in [0.15, 0.2) is 11.9 Å². The van der Waals surface area contributed by atoms with Gasteiger partial charge in [0, 0.05) is 17.7 Å². The fourth-order valence-electron chi connectivity index (χ4n) is 3.20. The average molecular weight is 394 g/mol. The van der Waals surface area contributed by atoms with E-state index >= 15 is 0 Å². The van der Waals surface area contributed by atoms with Crippen LogP contribution in [-0.2, 0) is 11.4 Å². The predicted molar refractivity (Wildman–Crippen MR) is 107 cm³/mol. The Morgan fingerprint density at radius 3 is 2.66 bits per heavy atom. The van der Waals surface area contributed by atoms with Gasteiger partial charge in [-0.2, -0.15) is 10.1 Å². The first-order chi connectivity index (χ1) is 14.1. The Labute approximate surface area is 167 Å². The summed E-state index contributed by atoms with van der Waals surface area (Å²) in [5, 5.41) is 5.87. The number of ether oxygens (including phenoxy) is 2. The van der Waals surface area contributed by atoms with Gasteiger partial charge < -0.3 is 9.47 Å². The molecule has 0 aliphatic carbocycles. The summed E-state index contributed by atoms with van der Waals surface area (Å²) >= 11 is 0. The topological polar surface area (TPSA) is 75.8 Å². The van der Waals surface area contributed by atoms with E-state index in [-0.39, 0.29) is 18.3 Å². The molecular formula is C21H19FN4O3. The van der Waals surface area contributed by atoms with Crippen molar-refractivity contribution in [3.63, 3.8) is 0 Å². The van der Waals surface area contributed by atoms with E-state index in [1.165, 1.54) is 12.1 Å². The van der Waals surface area contributed by atoms with Crippen LogP contribution in [0.25, 0.3) is 0 Å². The zero-order valence-electron chi connectivity index (χ0n) is 16.0. The van der Waals surface area contributed by atoms with Gasteiger partial charge in [-0.15, -0.1) is 0 Å². The van der Waals surface area contributed by atoms with Gasteiger partial charge >= 0.3 is 0 Å². The fraction of sp³-hybridized carbons (Fsp3) is 0.238. The van der Waals surface area contributed by atoms with E-state index in [1.807, 2.05) is 13.0 Å². The molecule has 7 nitrogen and oxygen atoms in total. The number of aliphatic imine (C=N–C) groups is 2. The van der Waals surface area contributed by atoms with E-state index in [1.54, 1.807) is 42.6 Å². The van der Waals surface area contributed by atoms with Crippen LogP contribution >= 0.6 is 0 Å². The molecule has 1 amide bonds. The predicted octanol–water partition coefficient (Wildman–Crippen LogP) is 2.83. The van der Waals surface area contributed by atoms with Crippen molar-refractivity contribution in [3.05, 3.63) is 59.4 Å². The highest BCUT2D eigenvalue weighted by Crippen LogP contribution is 2.25. The van der Waals surface area contributed by atoms with Crippen molar-refractivity contribution in [1.82, 2.24) is 5.01 Å². The number of nitrogens with zero attached hydrogens (tertiary/aromatic N) is 4. The van der Waals surface area contributed by atoms with Gasteiger partial charge in [-0.25, -0.2) is 9.38 Å². The second-order valence-electron chi connectivity index (χ2n) is 6.48. The Kier molecular flexibility index (Phi) is 5.07. The number of hydrogen-bond acceptors (Lipinski definition) is 6. The molecule has 0 aromatic heterocycles. The maximum Gasteiger partial charge on any atom is 0.278 e. The van der Waals surface area contributed by atoms with Crippen molar-refractivity contribution in [2.24, 2.45) is 15.1 Å². The molecule has 8 heteroatoms. The van der Waals surface area contributed by atoms with Crippen LogP contribution in [0.15, 0.2) is 57.6 Å². The fourth-order valence-corrected chi connectivity index (χ4v) is 3.20. The number of hydrazone groups is 1. The van der Waals surface area contributed by atoms with Gasteiger partial charge in [0.1, 0.15) is 23.9 Å². The van der Waals surface area contributed by atoms with Gasteiger partial charge in [-0.05, 0) is 49.4 Å². The summed E-state index contributed by atoms with van der Waals surface area (Å²) in [6, 6.07) is 10.6. The van der Waals surface area contributed by atoms with Crippen LogP contribution in [0.3, 0.4) is 0 Å². The molecule has 1 atom stereocenters. The van der Waals surface area contributed by atoms with Gasteiger partial charge in [0.25, 0.3) is 5.91 Å². The van der Waals surface area contributed by atoms with Crippen molar-refractivity contribution in [1.29, 1.82) is 0 Å². The molecular weight excluding hydrogens is 375 g/mol. The summed E-state index contributed by atoms with van der Waals surface area (Å²) in [5.41, 5.74) is 2.01. The molecule has 1 unspecified atom stereocenters. The Morgan fingerprint density at radius 1 is 1.14 bits per heavy atom. The van der Waals surface area contributed by atoms with E-state index < -0.39 is 6.04 Å². The normalized spacial score (nSPS) is 17.7. The van der Waals surface area contributed by atoms with Crippen LogP contribution in [-0.4, -0.2) is 48.4 Å². The summed E-state index contributed by atoms with van der Waals surface area (Å²) in [6.45, 7) is 2.72. The van der Waals surface area contributed by atoms with E-state index in [9.17, 15) is 9.18 Å². The smallest absolute Gasteiger partial charge is 0.278 e. The first kappa shape index (κ1) is 18.8. The van der Waals surface area contributed by atoms with Crippen LogP contribution in [0.1, 0.15) is 18.1 Å². The lowest BCUT2D eigenvalue weighted by Gasteiger charge is -2.22. The lowest BCUT2D eigenvalue weighted by atomic mass is 10.1. The number of benzene rings is 2. The highest BCUT2D eigenvalue weighted by Gasteiger charge is 2.36. The van der Waals surface area contributed by atoms with Crippen LogP contribution in [0, 0.1) is 5.82 Å². The summed E-state index contributed by atoms with van der Waals surface area (Å²) in [6.07, 6.45) is 1.60. The zero-order valence-corrected chi connectivity index (χ0v) is 16.0. The Bertz CT molecular complexity index is 1030. The summed E-state index contributed by atoms with van der Waals surface area (Å²) in [4.78, 5) is 21.2. The molecule has 0 radical (unpaired) electrons. The van der Waals surface area contributed by atoms with E-state index in [4.69, 9.17) is 9.47 Å². The number of carbonyl (C=O) groups is 1. The Hall–Kier alpha value is -3.55. The van der Waals surface area contributed by atoms with Crippen LogP contribution in [0.4, 0.5) is 4.39 Å². The summed E-state index contributed by atoms with van der Waals surface area (Å²) in [5.74, 6) is 0.879. The number of amides is 1. The van der Waals surface area contributed by atoms with Crippen LogP contribution in [0.2, 0.25) is 0 Å². The summed E-state index contributed by atoms with van der Waals surface area (Å²) in [7, 11) is 1.57. The maximum atomic E-state index is 13.1. The second-order valence-corrected chi connectivity index (χ2v) is 6.48. The van der Waals surface area contributed by atoms with Gasteiger partial charge in [-0.1, -0.05) is 0 Å². The number of likely N-dealkylation sites (N-methyl/N-ethyl adjacent to an activating group) is 1. The van der Waals surface area contributed by atoms with Gasteiger partial charge in [0.2, 0.25) is 0 Å². The average Bonchev–Trinajstić information content (AvgIpc) is 3.17. The maximum absolute atomic E-state index is 13.1. The lowest BCUT2D eigenvalue weighted by molar-refractivity contribution is -0.120. The van der Waals surface area contributed by atoms with Crippen molar-refractivity contribution in [2.75, 3.05) is 13.7 Å². The molecule has 2 aromatic carbocycles. The quantitative estimate of drug-likeness (QED) is 0.755. The zero-order chi connectivity index (χ0) is 20.4. The number of rotatable bonds is 6. The number of methoxy groups -OCH3 is 1. The standard InChI is InChI=1S/C21H19FN4O3/c1-3-26-19-17(11-23-26)24-20(25-21(19)27)13-4-9-18(28-2)14(10-13)12-29-16-7-5-15(22)6-8-16/h4-11,19H,3,12H2,1-2H3. The van der Waals surface area contributed by atoms with E-state index in [0.29, 0.717) is 35.2 Å². The monoisotopic (exact) mass is 394 g/mol. The van der Waals surface area contributed by atoms with Crippen LogP contribution in [0.5, 0.6) is 11.5 Å². The lowest BCUT2D eigenvalue weighted by Crippen LogP contribution is -2.41. The number of hydrogen-bond donors (Lipinski definition) is 0. The molecule has 0 fully saturated rings. The molecule has 2 aliphatic heterocycles.